The minimum atomic E-state index is -0.923. The molecule has 1 aliphatic heterocycles. The van der Waals surface area contributed by atoms with E-state index in [0.717, 1.165) is 25.7 Å². The number of carboxylic acid groups (broad SMARTS) is 1. The molecule has 0 aromatic heterocycles. The number of carbonyl (C=O) groups is 2. The van der Waals surface area contributed by atoms with Gasteiger partial charge in [-0.2, -0.15) is 0 Å². The van der Waals surface area contributed by atoms with Gasteiger partial charge < -0.3 is 20.1 Å². The van der Waals surface area contributed by atoms with Crippen molar-refractivity contribution in [1.29, 1.82) is 0 Å². The van der Waals surface area contributed by atoms with E-state index in [-0.39, 0.29) is 11.9 Å². The highest BCUT2D eigenvalue weighted by atomic mass is 16.5. The van der Waals surface area contributed by atoms with Crippen LogP contribution < -0.4 is 5.32 Å². The summed E-state index contributed by atoms with van der Waals surface area (Å²) in [7, 11) is 0. The number of nitrogens with zero attached hydrogens (tertiary/aromatic N) is 1. The summed E-state index contributed by atoms with van der Waals surface area (Å²) < 4.78 is 5.18. The van der Waals surface area contributed by atoms with Crippen LogP contribution in [-0.2, 0) is 9.53 Å². The summed E-state index contributed by atoms with van der Waals surface area (Å²) in [5, 5.41) is 12.0. The zero-order valence-corrected chi connectivity index (χ0v) is 11.1. The van der Waals surface area contributed by atoms with Crippen molar-refractivity contribution in [3.05, 3.63) is 0 Å². The van der Waals surface area contributed by atoms with E-state index in [1.54, 1.807) is 4.90 Å². The first-order chi connectivity index (χ1) is 9.18. The lowest BCUT2D eigenvalue weighted by atomic mass is 9.84. The molecule has 6 nitrogen and oxygen atoms in total. The summed E-state index contributed by atoms with van der Waals surface area (Å²) in [6.45, 7) is 2.11. The molecular formula is C13H22N2O4. The van der Waals surface area contributed by atoms with Crippen molar-refractivity contribution in [2.24, 2.45) is 5.92 Å². The summed E-state index contributed by atoms with van der Waals surface area (Å²) in [5.74, 6) is -0.857. The van der Waals surface area contributed by atoms with Gasteiger partial charge >= 0.3 is 12.0 Å². The van der Waals surface area contributed by atoms with Crippen molar-refractivity contribution < 1.29 is 19.4 Å². The average molecular weight is 270 g/mol. The molecule has 2 aliphatic rings. The van der Waals surface area contributed by atoms with Gasteiger partial charge in [-0.3, -0.25) is 0 Å². The molecule has 0 bridgehead atoms. The van der Waals surface area contributed by atoms with E-state index in [1.807, 2.05) is 0 Å². The van der Waals surface area contributed by atoms with Crippen molar-refractivity contribution >= 4 is 12.0 Å². The molecule has 0 aromatic carbocycles. The molecule has 2 N–H and O–H groups in total. The molecule has 1 heterocycles. The predicted molar refractivity (Wildman–Crippen MR) is 68.9 cm³/mol. The van der Waals surface area contributed by atoms with Crippen molar-refractivity contribution in [3.63, 3.8) is 0 Å². The number of aliphatic carboxylic acids is 1. The molecule has 0 radical (unpaired) electrons. The summed E-state index contributed by atoms with van der Waals surface area (Å²) in [6.07, 6.45) is 5.06. The topological polar surface area (TPSA) is 78.9 Å². The highest BCUT2D eigenvalue weighted by molar-refractivity contribution is 5.82. The van der Waals surface area contributed by atoms with E-state index in [2.05, 4.69) is 5.32 Å². The van der Waals surface area contributed by atoms with Gasteiger partial charge in [0.1, 0.15) is 6.04 Å². The first-order valence-corrected chi connectivity index (χ1v) is 7.04. The molecule has 1 atom stereocenters. The fourth-order valence-electron chi connectivity index (χ4n) is 2.84. The largest absolute Gasteiger partial charge is 0.480 e. The second kappa shape index (κ2) is 6.75. The maximum atomic E-state index is 12.1. The maximum Gasteiger partial charge on any atom is 0.326 e. The SMILES string of the molecule is O=C(O)C(NC(=O)N1CCOCC1)C1CCCCC1. The summed E-state index contributed by atoms with van der Waals surface area (Å²) >= 11 is 0. The number of ether oxygens (including phenoxy) is 1. The highest BCUT2D eigenvalue weighted by Gasteiger charge is 2.32. The van der Waals surface area contributed by atoms with Crippen LogP contribution in [0, 0.1) is 5.92 Å². The molecule has 108 valence electrons. The van der Waals surface area contributed by atoms with Crippen LogP contribution >= 0.6 is 0 Å². The number of carboxylic acids is 1. The lowest BCUT2D eigenvalue weighted by molar-refractivity contribution is -0.141. The molecule has 1 saturated heterocycles. The summed E-state index contributed by atoms with van der Waals surface area (Å²) in [5.41, 5.74) is 0. The number of nitrogens with one attached hydrogen (secondary N) is 1. The first-order valence-electron chi connectivity index (χ1n) is 7.04. The van der Waals surface area contributed by atoms with Crippen LogP contribution in [-0.4, -0.2) is 54.4 Å². The fraction of sp³-hybridized carbons (Fsp3) is 0.846. The molecule has 2 amide bonds. The van der Waals surface area contributed by atoms with Crippen LogP contribution in [0.5, 0.6) is 0 Å². The smallest absolute Gasteiger partial charge is 0.326 e. The van der Waals surface area contributed by atoms with Gasteiger partial charge in [-0.15, -0.1) is 0 Å². The van der Waals surface area contributed by atoms with Gasteiger partial charge in [0.15, 0.2) is 0 Å². The van der Waals surface area contributed by atoms with Gasteiger partial charge in [-0.25, -0.2) is 9.59 Å². The quantitative estimate of drug-likeness (QED) is 0.803. The Balaban J connectivity index is 1.91. The van der Waals surface area contributed by atoms with E-state index < -0.39 is 12.0 Å². The number of amides is 2. The number of urea groups is 1. The highest BCUT2D eigenvalue weighted by Crippen LogP contribution is 2.26. The monoisotopic (exact) mass is 270 g/mol. The molecule has 0 spiro atoms. The van der Waals surface area contributed by atoms with E-state index in [9.17, 15) is 14.7 Å². The Kier molecular flexibility index (Phi) is 5.01. The zero-order chi connectivity index (χ0) is 13.7. The van der Waals surface area contributed by atoms with Crippen LogP contribution in [0.25, 0.3) is 0 Å². The van der Waals surface area contributed by atoms with Crippen molar-refractivity contribution in [2.75, 3.05) is 26.3 Å². The van der Waals surface area contributed by atoms with Gasteiger partial charge in [-0.1, -0.05) is 19.3 Å². The zero-order valence-electron chi connectivity index (χ0n) is 11.1. The number of rotatable bonds is 3. The Labute approximate surface area is 113 Å². The molecular weight excluding hydrogens is 248 g/mol. The molecule has 2 fully saturated rings. The lowest BCUT2D eigenvalue weighted by Gasteiger charge is -2.32. The summed E-state index contributed by atoms with van der Waals surface area (Å²) in [6, 6.07) is -1.03. The number of hydrogen-bond donors (Lipinski definition) is 2. The molecule has 1 aliphatic carbocycles. The van der Waals surface area contributed by atoms with Crippen LogP contribution in [0.2, 0.25) is 0 Å². The standard InChI is InChI=1S/C13H22N2O4/c16-12(17)11(10-4-2-1-3-5-10)14-13(18)15-6-8-19-9-7-15/h10-11H,1-9H2,(H,14,18)(H,16,17). The van der Waals surface area contributed by atoms with Gasteiger partial charge in [0.2, 0.25) is 0 Å². The Morgan fingerprint density at radius 1 is 1.16 bits per heavy atom. The number of morpholine rings is 1. The number of hydrogen-bond acceptors (Lipinski definition) is 3. The van der Waals surface area contributed by atoms with Crippen molar-refractivity contribution in [2.45, 2.75) is 38.1 Å². The Morgan fingerprint density at radius 3 is 2.37 bits per heavy atom. The minimum Gasteiger partial charge on any atom is -0.480 e. The average Bonchev–Trinajstić information content (AvgIpc) is 2.46. The molecule has 6 heteroatoms. The van der Waals surface area contributed by atoms with E-state index >= 15 is 0 Å². The Hall–Kier alpha value is -1.30. The van der Waals surface area contributed by atoms with Gasteiger partial charge in [0.05, 0.1) is 13.2 Å². The van der Waals surface area contributed by atoms with E-state index in [0.29, 0.717) is 26.3 Å². The van der Waals surface area contributed by atoms with Crippen LogP contribution in [0.3, 0.4) is 0 Å². The molecule has 1 saturated carbocycles. The minimum absolute atomic E-state index is 0.0660. The third-order valence-corrected chi connectivity index (χ3v) is 3.96. The van der Waals surface area contributed by atoms with Crippen LogP contribution in [0.1, 0.15) is 32.1 Å². The second-order valence-electron chi connectivity index (χ2n) is 5.26. The van der Waals surface area contributed by atoms with E-state index in [1.165, 1.54) is 6.42 Å². The lowest BCUT2D eigenvalue weighted by Crippen LogP contribution is -2.53. The maximum absolute atomic E-state index is 12.1. The fourth-order valence-corrected chi connectivity index (χ4v) is 2.84. The normalized spacial score (nSPS) is 22.8. The molecule has 1 unspecified atom stereocenters. The van der Waals surface area contributed by atoms with Gasteiger partial charge in [-0.05, 0) is 18.8 Å². The summed E-state index contributed by atoms with van der Waals surface area (Å²) in [4.78, 5) is 25.0. The molecule has 0 aromatic rings. The second-order valence-corrected chi connectivity index (χ2v) is 5.26. The van der Waals surface area contributed by atoms with Gasteiger partial charge in [0.25, 0.3) is 0 Å². The molecule has 2 rings (SSSR count). The Morgan fingerprint density at radius 2 is 1.79 bits per heavy atom. The number of carbonyl (C=O) groups excluding carboxylic acids is 1. The van der Waals surface area contributed by atoms with E-state index in [4.69, 9.17) is 4.74 Å². The van der Waals surface area contributed by atoms with Crippen LogP contribution in [0.4, 0.5) is 4.79 Å². The first kappa shape index (κ1) is 14.1. The van der Waals surface area contributed by atoms with Crippen molar-refractivity contribution in [1.82, 2.24) is 10.2 Å². The Bertz CT molecular complexity index is 323. The van der Waals surface area contributed by atoms with Crippen LogP contribution in [0.15, 0.2) is 0 Å². The molecule has 19 heavy (non-hydrogen) atoms. The van der Waals surface area contributed by atoms with Gasteiger partial charge in [0, 0.05) is 13.1 Å². The predicted octanol–water partition coefficient (Wildman–Crippen LogP) is 1.06. The van der Waals surface area contributed by atoms with Crippen molar-refractivity contribution in [3.8, 4) is 0 Å². The third-order valence-electron chi connectivity index (χ3n) is 3.96. The third kappa shape index (κ3) is 3.83.